The third kappa shape index (κ3) is 5.52. The molecular weight excluding hydrogens is 242 g/mol. The van der Waals surface area contributed by atoms with Crippen molar-refractivity contribution in [3.05, 3.63) is 29.8 Å². The molecule has 4 N–H and O–H groups in total. The van der Waals surface area contributed by atoms with Crippen LogP contribution in [0.15, 0.2) is 24.3 Å². The normalized spacial score (nSPS) is 11.7. The van der Waals surface area contributed by atoms with Crippen molar-refractivity contribution >= 4 is 17.5 Å². The number of carbonyl (C=O) groups is 2. The average molecular weight is 263 g/mol. The first kappa shape index (κ1) is 15.2. The molecular formula is C14H21N3O2. The maximum Gasteiger partial charge on any atom is 0.236 e. The number of carbonyl (C=O) groups excluding carboxylic acids is 2. The van der Waals surface area contributed by atoms with E-state index in [1.54, 1.807) is 6.92 Å². The number of hydrogen-bond acceptors (Lipinski definition) is 3. The lowest BCUT2D eigenvalue weighted by molar-refractivity contribution is -0.122. The molecule has 0 spiro atoms. The summed E-state index contributed by atoms with van der Waals surface area (Å²) < 4.78 is 0. The van der Waals surface area contributed by atoms with E-state index in [1.165, 1.54) is 0 Å². The van der Waals surface area contributed by atoms with Gasteiger partial charge in [0.15, 0.2) is 0 Å². The molecule has 0 unspecified atom stereocenters. The van der Waals surface area contributed by atoms with Crippen molar-refractivity contribution < 1.29 is 9.59 Å². The standard InChI is InChI=1S/C14H21N3O2/c1-3-4-13(18)17-12-7-5-11(6-8-12)9-16-14(19)10(2)15/h5-8,10H,3-4,9,15H2,1-2H3,(H,16,19)(H,17,18)/t10-/m0/s1. The zero-order valence-corrected chi connectivity index (χ0v) is 11.4. The van der Waals surface area contributed by atoms with Crippen LogP contribution in [0.5, 0.6) is 0 Å². The highest BCUT2D eigenvalue weighted by Crippen LogP contribution is 2.10. The van der Waals surface area contributed by atoms with Crippen LogP contribution in [-0.2, 0) is 16.1 Å². The summed E-state index contributed by atoms with van der Waals surface area (Å²) in [5.41, 5.74) is 7.17. The van der Waals surface area contributed by atoms with Gasteiger partial charge in [-0.25, -0.2) is 0 Å². The van der Waals surface area contributed by atoms with E-state index in [0.717, 1.165) is 17.7 Å². The quantitative estimate of drug-likeness (QED) is 0.725. The number of hydrogen-bond donors (Lipinski definition) is 3. The van der Waals surface area contributed by atoms with Crippen LogP contribution in [0.25, 0.3) is 0 Å². The van der Waals surface area contributed by atoms with E-state index in [-0.39, 0.29) is 11.8 Å². The van der Waals surface area contributed by atoms with Gasteiger partial charge in [-0.1, -0.05) is 19.1 Å². The first-order chi connectivity index (χ1) is 9.02. The molecule has 1 aromatic rings. The van der Waals surface area contributed by atoms with Crippen LogP contribution in [0, 0.1) is 0 Å². The Morgan fingerprint density at radius 3 is 2.42 bits per heavy atom. The average Bonchev–Trinajstić information content (AvgIpc) is 2.37. The number of nitrogens with one attached hydrogen (secondary N) is 2. The molecule has 1 rings (SSSR count). The minimum Gasteiger partial charge on any atom is -0.351 e. The minimum absolute atomic E-state index is 0.0144. The predicted molar refractivity (Wildman–Crippen MR) is 75.5 cm³/mol. The van der Waals surface area contributed by atoms with Crippen LogP contribution < -0.4 is 16.4 Å². The largest absolute Gasteiger partial charge is 0.351 e. The molecule has 104 valence electrons. The molecule has 0 heterocycles. The molecule has 5 nitrogen and oxygen atoms in total. The van der Waals surface area contributed by atoms with Crippen molar-refractivity contribution in [1.82, 2.24) is 5.32 Å². The topological polar surface area (TPSA) is 84.2 Å². The van der Waals surface area contributed by atoms with Gasteiger partial charge in [-0.2, -0.15) is 0 Å². The Morgan fingerprint density at radius 2 is 1.89 bits per heavy atom. The highest BCUT2D eigenvalue weighted by Gasteiger charge is 2.06. The van der Waals surface area contributed by atoms with Crippen molar-refractivity contribution in [1.29, 1.82) is 0 Å². The maximum atomic E-state index is 11.4. The van der Waals surface area contributed by atoms with Crippen molar-refractivity contribution in [2.75, 3.05) is 5.32 Å². The zero-order valence-electron chi connectivity index (χ0n) is 11.4. The van der Waals surface area contributed by atoms with Crippen LogP contribution in [0.4, 0.5) is 5.69 Å². The van der Waals surface area contributed by atoms with E-state index in [9.17, 15) is 9.59 Å². The fourth-order valence-electron chi connectivity index (χ4n) is 1.51. The molecule has 5 heteroatoms. The van der Waals surface area contributed by atoms with Crippen LogP contribution in [0.2, 0.25) is 0 Å². The minimum atomic E-state index is -0.507. The maximum absolute atomic E-state index is 11.4. The van der Waals surface area contributed by atoms with E-state index < -0.39 is 6.04 Å². The molecule has 2 amide bonds. The highest BCUT2D eigenvalue weighted by atomic mass is 16.2. The SMILES string of the molecule is CCCC(=O)Nc1ccc(CNC(=O)[C@H](C)N)cc1. The molecule has 1 atom stereocenters. The Bertz CT molecular complexity index is 427. The van der Waals surface area contributed by atoms with E-state index in [0.29, 0.717) is 13.0 Å². The molecule has 0 aliphatic carbocycles. The van der Waals surface area contributed by atoms with Gasteiger partial charge in [0.2, 0.25) is 11.8 Å². The molecule has 0 bridgehead atoms. The number of rotatable bonds is 6. The first-order valence-electron chi connectivity index (χ1n) is 6.45. The smallest absolute Gasteiger partial charge is 0.236 e. The van der Waals surface area contributed by atoms with Crippen molar-refractivity contribution in [2.45, 2.75) is 39.3 Å². The lowest BCUT2D eigenvalue weighted by atomic mass is 10.2. The van der Waals surface area contributed by atoms with E-state index in [4.69, 9.17) is 5.73 Å². The third-order valence-electron chi connectivity index (χ3n) is 2.60. The van der Waals surface area contributed by atoms with Gasteiger partial charge in [-0.15, -0.1) is 0 Å². The van der Waals surface area contributed by atoms with Gasteiger partial charge in [0.25, 0.3) is 0 Å². The van der Waals surface area contributed by atoms with Crippen LogP contribution in [0.3, 0.4) is 0 Å². The lowest BCUT2D eigenvalue weighted by Gasteiger charge is -2.09. The highest BCUT2D eigenvalue weighted by molar-refractivity contribution is 5.90. The number of anilines is 1. The first-order valence-corrected chi connectivity index (χ1v) is 6.45. The molecule has 0 aliphatic heterocycles. The summed E-state index contributed by atoms with van der Waals surface area (Å²) in [6.07, 6.45) is 1.35. The Hall–Kier alpha value is -1.88. The van der Waals surface area contributed by atoms with Crippen LogP contribution in [-0.4, -0.2) is 17.9 Å². The van der Waals surface area contributed by atoms with Gasteiger partial charge in [0.05, 0.1) is 6.04 Å². The molecule has 0 saturated heterocycles. The number of benzene rings is 1. The molecule has 0 aromatic heterocycles. The Labute approximate surface area is 113 Å². The Morgan fingerprint density at radius 1 is 1.26 bits per heavy atom. The Kier molecular flexibility index (Phi) is 6.02. The van der Waals surface area contributed by atoms with E-state index >= 15 is 0 Å². The Balaban J connectivity index is 2.47. The summed E-state index contributed by atoms with van der Waals surface area (Å²) in [6.45, 7) is 4.04. The van der Waals surface area contributed by atoms with Gasteiger partial charge in [-0.05, 0) is 31.0 Å². The zero-order chi connectivity index (χ0) is 14.3. The third-order valence-corrected chi connectivity index (χ3v) is 2.60. The van der Waals surface area contributed by atoms with Crippen LogP contribution in [0.1, 0.15) is 32.3 Å². The molecule has 0 radical (unpaired) electrons. The van der Waals surface area contributed by atoms with Crippen LogP contribution >= 0.6 is 0 Å². The summed E-state index contributed by atoms with van der Waals surface area (Å²) in [7, 11) is 0. The second-order valence-corrected chi connectivity index (χ2v) is 4.50. The molecule has 1 aromatic carbocycles. The lowest BCUT2D eigenvalue weighted by Crippen LogP contribution is -2.37. The summed E-state index contributed by atoms with van der Waals surface area (Å²) in [5.74, 6) is -0.166. The van der Waals surface area contributed by atoms with Crippen molar-refractivity contribution in [2.24, 2.45) is 5.73 Å². The fourth-order valence-corrected chi connectivity index (χ4v) is 1.51. The van der Waals surface area contributed by atoms with E-state index in [2.05, 4.69) is 10.6 Å². The number of amides is 2. The fraction of sp³-hybridized carbons (Fsp3) is 0.429. The van der Waals surface area contributed by atoms with Gasteiger partial charge >= 0.3 is 0 Å². The van der Waals surface area contributed by atoms with Gasteiger partial charge in [0.1, 0.15) is 0 Å². The molecule has 0 fully saturated rings. The van der Waals surface area contributed by atoms with Crippen molar-refractivity contribution in [3.8, 4) is 0 Å². The summed E-state index contributed by atoms with van der Waals surface area (Å²) in [6, 6.07) is 6.86. The van der Waals surface area contributed by atoms with Gasteiger partial charge < -0.3 is 16.4 Å². The summed E-state index contributed by atoms with van der Waals surface area (Å²) in [5, 5.41) is 5.53. The monoisotopic (exact) mass is 263 g/mol. The second kappa shape index (κ2) is 7.53. The van der Waals surface area contributed by atoms with Gasteiger partial charge in [-0.3, -0.25) is 9.59 Å². The predicted octanol–water partition coefficient (Wildman–Crippen LogP) is 1.39. The van der Waals surface area contributed by atoms with E-state index in [1.807, 2.05) is 31.2 Å². The molecule has 0 saturated carbocycles. The number of nitrogens with two attached hydrogens (primary N) is 1. The molecule has 19 heavy (non-hydrogen) atoms. The second-order valence-electron chi connectivity index (χ2n) is 4.50. The van der Waals surface area contributed by atoms with Gasteiger partial charge in [0, 0.05) is 18.7 Å². The summed E-state index contributed by atoms with van der Waals surface area (Å²) in [4.78, 5) is 22.7. The molecule has 0 aliphatic rings. The van der Waals surface area contributed by atoms with Crippen molar-refractivity contribution in [3.63, 3.8) is 0 Å². The summed E-state index contributed by atoms with van der Waals surface area (Å²) >= 11 is 0.